The monoisotopic (exact) mass is 316 g/mol. The van der Waals surface area contributed by atoms with E-state index in [1.54, 1.807) is 13.8 Å². The first-order valence-electron chi connectivity index (χ1n) is 6.61. The number of hydrogen-bond donors (Lipinski definition) is 0. The van der Waals surface area contributed by atoms with Crippen molar-refractivity contribution in [2.75, 3.05) is 13.2 Å². The van der Waals surface area contributed by atoms with Gasteiger partial charge < -0.3 is 18.9 Å². The Labute approximate surface area is 124 Å². The van der Waals surface area contributed by atoms with Crippen LogP contribution in [0.15, 0.2) is 18.2 Å². The van der Waals surface area contributed by atoms with E-state index in [-0.39, 0.29) is 30.3 Å². The summed E-state index contributed by atoms with van der Waals surface area (Å²) in [4.78, 5) is 23.9. The first-order valence-corrected chi connectivity index (χ1v) is 6.61. The Bertz CT molecular complexity index is 569. The number of alkyl halides is 2. The van der Waals surface area contributed by atoms with Gasteiger partial charge in [-0.1, -0.05) is 6.07 Å². The lowest BCUT2D eigenvalue weighted by Crippen LogP contribution is -2.26. The summed E-state index contributed by atoms with van der Waals surface area (Å²) >= 11 is 0. The summed E-state index contributed by atoms with van der Waals surface area (Å²) < 4.78 is 44.2. The summed E-state index contributed by atoms with van der Waals surface area (Å²) in [6, 6.07) is 3.63. The van der Waals surface area contributed by atoms with Crippen LogP contribution in [0.5, 0.6) is 11.5 Å². The molecule has 0 radical (unpaired) electrons. The first-order chi connectivity index (χ1) is 10.4. The van der Waals surface area contributed by atoms with E-state index in [1.165, 1.54) is 12.1 Å². The van der Waals surface area contributed by atoms with Crippen molar-refractivity contribution in [3.05, 3.63) is 23.8 Å². The number of ether oxygens (including phenoxy) is 4. The summed E-state index contributed by atoms with van der Waals surface area (Å²) in [5.74, 6) is -3.47. The highest BCUT2D eigenvalue weighted by atomic mass is 19.3. The Balaban J connectivity index is 2.33. The molecule has 0 saturated heterocycles. The SMILES string of the molecule is CCOC(=O)C(C(=O)OCC)c1ccc2c(c1)OC(F)(F)O2. The summed E-state index contributed by atoms with van der Waals surface area (Å²) in [7, 11) is 0. The van der Waals surface area contributed by atoms with E-state index < -0.39 is 24.2 Å². The fourth-order valence-corrected chi connectivity index (χ4v) is 1.96. The van der Waals surface area contributed by atoms with E-state index in [2.05, 4.69) is 9.47 Å². The lowest BCUT2D eigenvalue weighted by atomic mass is 9.99. The molecule has 0 spiro atoms. The van der Waals surface area contributed by atoms with Gasteiger partial charge in [-0.15, -0.1) is 8.78 Å². The molecule has 6 nitrogen and oxygen atoms in total. The van der Waals surface area contributed by atoms with Crippen molar-refractivity contribution in [2.45, 2.75) is 26.1 Å². The highest BCUT2D eigenvalue weighted by Crippen LogP contribution is 2.42. The Morgan fingerprint density at radius 3 is 2.18 bits per heavy atom. The van der Waals surface area contributed by atoms with E-state index in [0.29, 0.717) is 0 Å². The quantitative estimate of drug-likeness (QED) is 0.613. The fourth-order valence-electron chi connectivity index (χ4n) is 1.96. The van der Waals surface area contributed by atoms with Gasteiger partial charge in [0.15, 0.2) is 17.4 Å². The van der Waals surface area contributed by atoms with Gasteiger partial charge in [0.05, 0.1) is 13.2 Å². The molecule has 1 aliphatic rings. The van der Waals surface area contributed by atoms with Gasteiger partial charge in [-0.05, 0) is 31.5 Å². The summed E-state index contributed by atoms with van der Waals surface area (Å²) in [5.41, 5.74) is 0.122. The van der Waals surface area contributed by atoms with Crippen molar-refractivity contribution in [2.24, 2.45) is 0 Å². The van der Waals surface area contributed by atoms with E-state index in [4.69, 9.17) is 9.47 Å². The molecular weight excluding hydrogens is 302 g/mol. The van der Waals surface area contributed by atoms with Gasteiger partial charge in [-0.2, -0.15) is 0 Å². The molecule has 8 heteroatoms. The van der Waals surface area contributed by atoms with Crippen LogP contribution in [0.1, 0.15) is 25.3 Å². The molecule has 22 heavy (non-hydrogen) atoms. The summed E-state index contributed by atoms with van der Waals surface area (Å²) in [6.45, 7) is 3.30. The van der Waals surface area contributed by atoms with Crippen LogP contribution in [0.4, 0.5) is 8.78 Å². The van der Waals surface area contributed by atoms with Crippen LogP contribution in [0.2, 0.25) is 0 Å². The maximum absolute atomic E-state index is 13.0. The average molecular weight is 316 g/mol. The Kier molecular flexibility index (Phi) is 4.48. The number of carbonyl (C=O) groups excluding carboxylic acids is 2. The number of fused-ring (bicyclic) bond motifs is 1. The van der Waals surface area contributed by atoms with Crippen LogP contribution in [0, 0.1) is 0 Å². The summed E-state index contributed by atoms with van der Waals surface area (Å²) in [6.07, 6.45) is -3.77. The second kappa shape index (κ2) is 6.17. The van der Waals surface area contributed by atoms with Gasteiger partial charge in [-0.3, -0.25) is 9.59 Å². The molecule has 0 fully saturated rings. The van der Waals surface area contributed by atoms with E-state index in [9.17, 15) is 18.4 Å². The molecule has 2 rings (SSSR count). The van der Waals surface area contributed by atoms with Crippen LogP contribution in [0.3, 0.4) is 0 Å². The van der Waals surface area contributed by atoms with Crippen LogP contribution >= 0.6 is 0 Å². The normalized spacial score (nSPS) is 14.8. The zero-order chi connectivity index (χ0) is 16.3. The fraction of sp³-hybridized carbons (Fsp3) is 0.429. The largest absolute Gasteiger partial charge is 0.586 e. The molecule has 0 N–H and O–H groups in total. The molecule has 1 heterocycles. The Morgan fingerprint density at radius 2 is 1.64 bits per heavy atom. The molecule has 1 aromatic rings. The molecule has 0 aliphatic carbocycles. The molecule has 120 valence electrons. The van der Waals surface area contributed by atoms with Crippen LogP contribution in [0.25, 0.3) is 0 Å². The number of esters is 2. The van der Waals surface area contributed by atoms with Gasteiger partial charge in [-0.25, -0.2) is 0 Å². The molecule has 1 aromatic carbocycles. The third-order valence-corrected chi connectivity index (χ3v) is 2.80. The van der Waals surface area contributed by atoms with Gasteiger partial charge >= 0.3 is 18.2 Å². The average Bonchev–Trinajstić information content (AvgIpc) is 2.72. The van der Waals surface area contributed by atoms with Crippen molar-refractivity contribution in [3.8, 4) is 11.5 Å². The smallest absolute Gasteiger partial charge is 0.465 e. The maximum Gasteiger partial charge on any atom is 0.586 e. The van der Waals surface area contributed by atoms with Gasteiger partial charge in [0.1, 0.15) is 0 Å². The lowest BCUT2D eigenvalue weighted by Gasteiger charge is -2.14. The minimum Gasteiger partial charge on any atom is -0.465 e. The van der Waals surface area contributed by atoms with Gasteiger partial charge in [0.25, 0.3) is 0 Å². The minimum atomic E-state index is -3.77. The number of carbonyl (C=O) groups is 2. The van der Waals surface area contributed by atoms with Gasteiger partial charge in [0, 0.05) is 0 Å². The molecule has 0 saturated carbocycles. The molecule has 0 aromatic heterocycles. The second-order valence-electron chi connectivity index (χ2n) is 4.31. The zero-order valence-corrected chi connectivity index (χ0v) is 11.9. The molecule has 0 amide bonds. The Morgan fingerprint density at radius 1 is 1.09 bits per heavy atom. The summed E-state index contributed by atoms with van der Waals surface area (Å²) in [5, 5.41) is 0. The highest BCUT2D eigenvalue weighted by molar-refractivity contribution is 6.01. The third-order valence-electron chi connectivity index (χ3n) is 2.80. The van der Waals surface area contributed by atoms with Crippen LogP contribution in [-0.2, 0) is 19.1 Å². The van der Waals surface area contributed by atoms with E-state index in [1.807, 2.05) is 0 Å². The van der Waals surface area contributed by atoms with Crippen molar-refractivity contribution in [1.29, 1.82) is 0 Å². The van der Waals surface area contributed by atoms with Crippen LogP contribution < -0.4 is 9.47 Å². The number of benzene rings is 1. The van der Waals surface area contributed by atoms with Crippen molar-refractivity contribution in [3.63, 3.8) is 0 Å². The molecule has 1 aliphatic heterocycles. The van der Waals surface area contributed by atoms with E-state index >= 15 is 0 Å². The second-order valence-corrected chi connectivity index (χ2v) is 4.31. The predicted molar refractivity (Wildman–Crippen MR) is 68.7 cm³/mol. The predicted octanol–water partition coefficient (Wildman–Crippen LogP) is 2.22. The number of hydrogen-bond acceptors (Lipinski definition) is 6. The third kappa shape index (κ3) is 3.26. The Hall–Kier alpha value is -2.38. The lowest BCUT2D eigenvalue weighted by molar-refractivity contribution is -0.286. The van der Waals surface area contributed by atoms with Crippen LogP contribution in [-0.4, -0.2) is 31.4 Å². The van der Waals surface area contributed by atoms with Crippen molar-refractivity contribution < 1.29 is 37.3 Å². The minimum absolute atomic E-state index is 0.0668. The first kappa shape index (κ1) is 16.0. The number of rotatable bonds is 5. The maximum atomic E-state index is 13.0. The zero-order valence-electron chi connectivity index (χ0n) is 11.9. The van der Waals surface area contributed by atoms with E-state index in [0.717, 1.165) is 6.07 Å². The van der Waals surface area contributed by atoms with Crippen molar-refractivity contribution in [1.82, 2.24) is 0 Å². The topological polar surface area (TPSA) is 71.1 Å². The van der Waals surface area contributed by atoms with Gasteiger partial charge in [0.2, 0.25) is 0 Å². The molecule has 0 unspecified atom stereocenters. The highest BCUT2D eigenvalue weighted by Gasteiger charge is 2.44. The van der Waals surface area contributed by atoms with Crippen molar-refractivity contribution >= 4 is 11.9 Å². The molecular formula is C14H14F2O6. The molecule has 0 atom stereocenters. The standard InChI is InChI=1S/C14H14F2O6/c1-3-19-12(17)11(13(18)20-4-2)8-5-6-9-10(7-8)22-14(15,16)21-9/h5-7,11H,3-4H2,1-2H3. The number of halogens is 2. The molecule has 0 bridgehead atoms.